The summed E-state index contributed by atoms with van der Waals surface area (Å²) in [6.45, 7) is 2.11. The molecular weight excluding hydrogens is 393 g/mol. The molecule has 0 radical (unpaired) electrons. The Morgan fingerprint density at radius 3 is 2.59 bits per heavy atom. The van der Waals surface area contributed by atoms with Crippen molar-refractivity contribution in [1.29, 1.82) is 5.26 Å². The number of halogens is 2. The van der Waals surface area contributed by atoms with E-state index in [0.717, 1.165) is 43.5 Å². The monoisotopic (exact) mass is 417 g/mol. The van der Waals surface area contributed by atoms with E-state index in [1.165, 1.54) is 6.07 Å². The number of carbonyl (C=O) groups is 1. The summed E-state index contributed by atoms with van der Waals surface area (Å²) in [4.78, 5) is 12.4. The molecule has 1 aliphatic heterocycles. The summed E-state index contributed by atoms with van der Waals surface area (Å²) >= 11 is 0. The second kappa shape index (κ2) is 10.8. The van der Waals surface area contributed by atoms with E-state index in [0.29, 0.717) is 6.42 Å². The molecule has 3 N–H and O–H groups in total. The molecule has 3 rings (SSSR count). The molecule has 1 fully saturated rings. The lowest BCUT2D eigenvalue weighted by Crippen LogP contribution is -3.00. The van der Waals surface area contributed by atoms with Gasteiger partial charge in [-0.25, -0.2) is 9.18 Å². The predicted molar refractivity (Wildman–Crippen MR) is 103 cm³/mol. The number of nitriles is 1. The molecule has 5 nitrogen and oxygen atoms in total. The van der Waals surface area contributed by atoms with Gasteiger partial charge in [0.05, 0.1) is 24.2 Å². The maximum atomic E-state index is 13.5. The van der Waals surface area contributed by atoms with Gasteiger partial charge in [-0.05, 0) is 36.1 Å². The van der Waals surface area contributed by atoms with Gasteiger partial charge in [-0.1, -0.05) is 36.4 Å². The van der Waals surface area contributed by atoms with E-state index >= 15 is 0 Å². The average molecular weight is 418 g/mol. The Morgan fingerprint density at radius 1 is 1.17 bits per heavy atom. The van der Waals surface area contributed by atoms with Crippen LogP contribution in [0, 0.1) is 17.1 Å². The lowest BCUT2D eigenvalue weighted by molar-refractivity contribution is -0.665. The summed E-state index contributed by atoms with van der Waals surface area (Å²) in [5, 5.41) is 14.3. The van der Waals surface area contributed by atoms with Crippen molar-refractivity contribution in [3.8, 4) is 6.07 Å². The van der Waals surface area contributed by atoms with E-state index in [4.69, 9.17) is 10.00 Å². The van der Waals surface area contributed by atoms with Crippen molar-refractivity contribution in [3.05, 3.63) is 71.0 Å². The highest BCUT2D eigenvalue weighted by atomic mass is 35.5. The van der Waals surface area contributed by atoms with Crippen LogP contribution in [-0.2, 0) is 17.8 Å². The third kappa shape index (κ3) is 6.45. The minimum absolute atomic E-state index is 0. The van der Waals surface area contributed by atoms with Crippen LogP contribution in [-0.4, -0.2) is 24.7 Å². The van der Waals surface area contributed by atoms with E-state index < -0.39 is 11.9 Å². The topological polar surface area (TPSA) is 78.7 Å². The fourth-order valence-corrected chi connectivity index (χ4v) is 3.64. The third-order valence-electron chi connectivity index (χ3n) is 5.28. The zero-order chi connectivity index (χ0) is 19.8. The van der Waals surface area contributed by atoms with Gasteiger partial charge in [-0.15, -0.1) is 0 Å². The molecular formula is C22H25ClFN3O2. The largest absolute Gasteiger partial charge is 1.00 e. The summed E-state index contributed by atoms with van der Waals surface area (Å²) in [6, 6.07) is 16.1. The van der Waals surface area contributed by atoms with Crippen molar-refractivity contribution in [2.75, 3.05) is 13.1 Å². The third-order valence-corrected chi connectivity index (χ3v) is 5.28. The zero-order valence-corrected chi connectivity index (χ0v) is 16.9. The molecule has 0 aliphatic carbocycles. The van der Waals surface area contributed by atoms with Gasteiger partial charge < -0.3 is 27.8 Å². The number of nitrogens with zero attached hydrogens (tertiary/aromatic N) is 1. The van der Waals surface area contributed by atoms with Gasteiger partial charge in [0.15, 0.2) is 0 Å². The number of rotatable bonds is 6. The standard InChI is InChI=1S/C22H24FN3O2.ClH/c23-20-7-6-17(14-19(20)15-24)8-9-22(10-12-25-13-11-22)26-21(27)28-16-18-4-2-1-3-5-18;/h1-7,14,25H,8-13,16H2,(H,26,27);1H. The lowest BCUT2D eigenvalue weighted by atomic mass is 9.83. The van der Waals surface area contributed by atoms with Gasteiger partial charge in [-0.2, -0.15) is 5.26 Å². The Labute approximate surface area is 176 Å². The lowest BCUT2D eigenvalue weighted by Gasteiger charge is -2.36. The van der Waals surface area contributed by atoms with Crippen molar-refractivity contribution in [3.63, 3.8) is 0 Å². The molecule has 29 heavy (non-hydrogen) atoms. The van der Waals surface area contributed by atoms with Crippen LogP contribution in [0.25, 0.3) is 0 Å². The maximum absolute atomic E-state index is 13.5. The quantitative estimate of drug-likeness (QED) is 0.674. The molecule has 0 bridgehead atoms. The highest BCUT2D eigenvalue weighted by molar-refractivity contribution is 5.68. The Kier molecular flexibility index (Phi) is 8.44. The molecule has 0 saturated carbocycles. The molecule has 0 spiro atoms. The van der Waals surface area contributed by atoms with Gasteiger partial charge in [0, 0.05) is 12.8 Å². The van der Waals surface area contributed by atoms with Gasteiger partial charge in [-0.3, -0.25) is 0 Å². The van der Waals surface area contributed by atoms with E-state index in [1.807, 2.05) is 36.4 Å². The molecule has 1 saturated heterocycles. The van der Waals surface area contributed by atoms with Crippen LogP contribution in [0.15, 0.2) is 48.5 Å². The fourth-order valence-electron chi connectivity index (χ4n) is 3.64. The maximum Gasteiger partial charge on any atom is 0.407 e. The van der Waals surface area contributed by atoms with Crippen LogP contribution in [0.1, 0.15) is 36.0 Å². The van der Waals surface area contributed by atoms with Crippen molar-refractivity contribution in [1.82, 2.24) is 5.32 Å². The normalized spacial score (nSPS) is 14.9. The molecule has 0 unspecified atom stereocenters. The second-order valence-electron chi connectivity index (χ2n) is 7.26. The summed E-state index contributed by atoms with van der Waals surface area (Å²) in [5.74, 6) is -0.504. The molecule has 2 aromatic carbocycles. The highest BCUT2D eigenvalue weighted by Crippen LogP contribution is 2.24. The van der Waals surface area contributed by atoms with Crippen molar-refractivity contribution >= 4 is 6.09 Å². The fraction of sp³-hybridized carbons (Fsp3) is 0.364. The molecule has 0 aromatic heterocycles. The minimum Gasteiger partial charge on any atom is -1.00 e. The van der Waals surface area contributed by atoms with E-state index in [9.17, 15) is 9.18 Å². The van der Waals surface area contributed by atoms with Gasteiger partial charge in [0.2, 0.25) is 0 Å². The molecule has 1 aliphatic rings. The van der Waals surface area contributed by atoms with Gasteiger partial charge in [0.25, 0.3) is 0 Å². The van der Waals surface area contributed by atoms with Crippen molar-refractivity contribution in [2.45, 2.75) is 37.8 Å². The summed E-state index contributed by atoms with van der Waals surface area (Å²) in [5.41, 5.74) is 1.55. The highest BCUT2D eigenvalue weighted by Gasteiger charge is 2.35. The Bertz CT molecular complexity index is 849. The number of nitrogens with one attached hydrogen (secondary N) is 1. The number of nitrogens with two attached hydrogens (primary N) is 1. The van der Waals surface area contributed by atoms with Crippen LogP contribution < -0.4 is 23.0 Å². The molecule has 1 heterocycles. The molecule has 7 heteroatoms. The molecule has 154 valence electrons. The average Bonchev–Trinajstić information content (AvgIpc) is 2.73. The number of alkyl carbamates (subject to hydrolysis) is 1. The van der Waals surface area contributed by atoms with Crippen LogP contribution in [0.5, 0.6) is 0 Å². The van der Waals surface area contributed by atoms with E-state index in [1.54, 1.807) is 12.1 Å². The first-order valence-electron chi connectivity index (χ1n) is 9.59. The SMILES string of the molecule is N#Cc1cc(CCC2(NC(=O)OCc3ccccc3)CC[NH2+]CC2)ccc1F.[Cl-]. The van der Waals surface area contributed by atoms with Gasteiger partial charge in [0.1, 0.15) is 18.5 Å². The molecule has 0 atom stereocenters. The van der Waals surface area contributed by atoms with Crippen LogP contribution in [0.4, 0.5) is 9.18 Å². The number of benzene rings is 2. The number of quaternary nitrogens is 1. The number of piperidine rings is 1. The summed E-state index contributed by atoms with van der Waals surface area (Å²) < 4.78 is 18.9. The molecule has 1 amide bonds. The zero-order valence-electron chi connectivity index (χ0n) is 16.2. The van der Waals surface area contributed by atoms with Crippen LogP contribution >= 0.6 is 0 Å². The Balaban J connectivity index is 0.00000300. The predicted octanol–water partition coefficient (Wildman–Crippen LogP) is -0.344. The first kappa shape index (κ1) is 22.7. The minimum atomic E-state index is -0.504. The second-order valence-corrected chi connectivity index (χ2v) is 7.26. The van der Waals surface area contributed by atoms with E-state index in [-0.39, 0.29) is 30.1 Å². The smallest absolute Gasteiger partial charge is 0.407 e. The number of hydrogen-bond acceptors (Lipinski definition) is 3. The number of aryl methyl sites for hydroxylation is 1. The molecule has 2 aromatic rings. The van der Waals surface area contributed by atoms with Gasteiger partial charge >= 0.3 is 6.09 Å². The number of hydrogen-bond donors (Lipinski definition) is 2. The van der Waals surface area contributed by atoms with E-state index in [2.05, 4.69) is 10.6 Å². The number of ether oxygens (including phenoxy) is 1. The summed E-state index contributed by atoms with van der Waals surface area (Å²) in [7, 11) is 0. The Morgan fingerprint density at radius 2 is 1.90 bits per heavy atom. The van der Waals surface area contributed by atoms with Crippen molar-refractivity contribution < 1.29 is 31.6 Å². The first-order chi connectivity index (χ1) is 13.6. The first-order valence-corrected chi connectivity index (χ1v) is 9.59. The number of carbonyl (C=O) groups excluding carboxylic acids is 1. The van der Waals surface area contributed by atoms with Crippen molar-refractivity contribution in [2.24, 2.45) is 0 Å². The Hall–Kier alpha value is -2.62. The van der Waals surface area contributed by atoms with Crippen LogP contribution in [0.2, 0.25) is 0 Å². The number of amides is 1. The van der Waals surface area contributed by atoms with Crippen LogP contribution in [0.3, 0.4) is 0 Å². The summed E-state index contributed by atoms with van der Waals surface area (Å²) in [6.07, 6.45) is 2.66.